The third kappa shape index (κ3) is 3.76. The van der Waals surface area contributed by atoms with E-state index in [-0.39, 0.29) is 27.8 Å². The highest BCUT2D eigenvalue weighted by molar-refractivity contribution is 7.91. The summed E-state index contributed by atoms with van der Waals surface area (Å²) in [5, 5.41) is 11.7. The van der Waals surface area contributed by atoms with Gasteiger partial charge in [0.2, 0.25) is 9.84 Å². The fraction of sp³-hybridized carbons (Fsp3) is 0.0476. The van der Waals surface area contributed by atoms with Crippen LogP contribution < -0.4 is 5.32 Å². The maximum atomic E-state index is 12.7. The Kier molecular flexibility index (Phi) is 5.00. The van der Waals surface area contributed by atoms with Gasteiger partial charge in [-0.25, -0.2) is 13.4 Å². The zero-order chi connectivity index (χ0) is 21.1. The molecule has 1 amide bonds. The summed E-state index contributed by atoms with van der Waals surface area (Å²) in [6.45, 7) is 0.144. The Bertz CT molecular complexity index is 1390. The van der Waals surface area contributed by atoms with Crippen molar-refractivity contribution in [2.75, 3.05) is 0 Å². The molecule has 0 aliphatic heterocycles. The average Bonchev–Trinajstić information content (AvgIpc) is 3.25. The first-order chi connectivity index (χ1) is 14.5. The molecule has 8 nitrogen and oxygen atoms in total. The van der Waals surface area contributed by atoms with E-state index < -0.39 is 9.84 Å². The topological polar surface area (TPSA) is 117 Å². The van der Waals surface area contributed by atoms with Gasteiger partial charge in [-0.1, -0.05) is 6.07 Å². The zero-order valence-electron chi connectivity index (χ0n) is 15.6. The van der Waals surface area contributed by atoms with Crippen LogP contribution in [0.15, 0.2) is 83.1 Å². The van der Waals surface area contributed by atoms with Crippen LogP contribution in [0, 0.1) is 11.3 Å². The molecule has 9 heteroatoms. The van der Waals surface area contributed by atoms with Crippen LogP contribution in [-0.2, 0) is 16.4 Å². The normalized spacial score (nSPS) is 11.2. The second kappa shape index (κ2) is 7.77. The predicted octanol–water partition coefficient (Wildman–Crippen LogP) is 2.36. The largest absolute Gasteiger partial charge is 0.346 e. The van der Waals surface area contributed by atoms with Crippen molar-refractivity contribution in [3.05, 3.63) is 90.1 Å². The van der Waals surface area contributed by atoms with Crippen molar-refractivity contribution in [3.8, 4) is 6.07 Å². The maximum absolute atomic E-state index is 12.7. The van der Waals surface area contributed by atoms with Gasteiger partial charge in [0.15, 0.2) is 0 Å². The van der Waals surface area contributed by atoms with E-state index in [2.05, 4.69) is 15.3 Å². The first kappa shape index (κ1) is 19.3. The molecule has 0 spiro atoms. The van der Waals surface area contributed by atoms with Crippen molar-refractivity contribution < 1.29 is 13.2 Å². The molecule has 4 aromatic rings. The summed E-state index contributed by atoms with van der Waals surface area (Å²) < 4.78 is 27.2. The quantitative estimate of drug-likeness (QED) is 0.533. The number of carbonyl (C=O) groups excluding carboxylic acids is 1. The molecule has 0 aliphatic carbocycles. The summed E-state index contributed by atoms with van der Waals surface area (Å²) in [4.78, 5) is 20.7. The number of pyridine rings is 2. The van der Waals surface area contributed by atoms with E-state index in [0.29, 0.717) is 11.3 Å². The predicted molar refractivity (Wildman–Crippen MR) is 107 cm³/mol. The number of nitrogens with zero attached hydrogens (tertiary/aromatic N) is 4. The van der Waals surface area contributed by atoms with Gasteiger partial charge in [-0.3, -0.25) is 9.78 Å². The Balaban J connectivity index is 1.46. The molecular weight excluding hydrogens is 402 g/mol. The summed E-state index contributed by atoms with van der Waals surface area (Å²) >= 11 is 0. The molecule has 148 valence electrons. The number of hydrogen-bond acceptors (Lipinski definition) is 6. The van der Waals surface area contributed by atoms with Crippen molar-refractivity contribution >= 4 is 21.4 Å². The van der Waals surface area contributed by atoms with E-state index >= 15 is 0 Å². The summed E-state index contributed by atoms with van der Waals surface area (Å²) in [7, 11) is -3.79. The molecule has 3 aromatic heterocycles. The molecule has 0 bridgehead atoms. The van der Waals surface area contributed by atoms with E-state index in [1.54, 1.807) is 41.2 Å². The lowest BCUT2D eigenvalue weighted by Gasteiger charge is -2.08. The Labute approximate surface area is 172 Å². The lowest BCUT2D eigenvalue weighted by molar-refractivity contribution is 0.0950. The summed E-state index contributed by atoms with van der Waals surface area (Å²) in [6.07, 6.45) is 6.32. The van der Waals surface area contributed by atoms with Crippen LogP contribution in [-0.4, -0.2) is 28.7 Å². The number of nitrogens with one attached hydrogen (secondary N) is 1. The van der Waals surface area contributed by atoms with Gasteiger partial charge in [0.05, 0.1) is 39.2 Å². The molecule has 3 heterocycles. The Hall–Kier alpha value is -4.03. The number of amides is 1. The minimum absolute atomic E-state index is 0.0122. The van der Waals surface area contributed by atoms with E-state index in [4.69, 9.17) is 5.26 Å². The van der Waals surface area contributed by atoms with Crippen LogP contribution in [0.4, 0.5) is 0 Å². The number of benzene rings is 1. The van der Waals surface area contributed by atoms with Crippen LogP contribution >= 0.6 is 0 Å². The lowest BCUT2D eigenvalue weighted by Crippen LogP contribution is -2.23. The number of rotatable bonds is 5. The van der Waals surface area contributed by atoms with Crippen molar-refractivity contribution in [1.82, 2.24) is 19.7 Å². The Morgan fingerprint density at radius 1 is 1.10 bits per heavy atom. The van der Waals surface area contributed by atoms with Gasteiger partial charge in [-0.15, -0.1) is 0 Å². The van der Waals surface area contributed by atoms with Crippen LogP contribution in [0.3, 0.4) is 0 Å². The molecule has 0 atom stereocenters. The number of aromatic nitrogens is 3. The van der Waals surface area contributed by atoms with Crippen molar-refractivity contribution in [2.24, 2.45) is 0 Å². The van der Waals surface area contributed by atoms with E-state index in [1.165, 1.54) is 36.5 Å². The highest BCUT2D eigenvalue weighted by Gasteiger charge is 2.18. The second-order valence-electron chi connectivity index (χ2n) is 6.42. The van der Waals surface area contributed by atoms with Gasteiger partial charge in [-0.2, -0.15) is 5.26 Å². The fourth-order valence-corrected chi connectivity index (χ4v) is 4.12. The van der Waals surface area contributed by atoms with E-state index in [0.717, 1.165) is 5.65 Å². The molecule has 0 saturated carbocycles. The van der Waals surface area contributed by atoms with Crippen molar-refractivity contribution in [1.29, 1.82) is 5.26 Å². The third-order valence-corrected chi connectivity index (χ3v) is 6.20. The lowest BCUT2D eigenvalue weighted by atomic mass is 10.2. The van der Waals surface area contributed by atoms with Gasteiger partial charge < -0.3 is 9.72 Å². The SMILES string of the molecule is N#Cc1cccc(S(=O)(=O)c2ccc(CNC(=O)c3ccc4nccn4c3)nc2)c1. The van der Waals surface area contributed by atoms with Gasteiger partial charge in [0, 0.05) is 24.8 Å². The first-order valence-corrected chi connectivity index (χ1v) is 10.4. The fourth-order valence-electron chi connectivity index (χ4n) is 2.87. The van der Waals surface area contributed by atoms with Crippen molar-refractivity contribution in [2.45, 2.75) is 16.3 Å². The molecule has 30 heavy (non-hydrogen) atoms. The summed E-state index contributed by atoms with van der Waals surface area (Å²) in [5.74, 6) is -0.280. The Morgan fingerprint density at radius 2 is 1.97 bits per heavy atom. The molecule has 1 N–H and O–H groups in total. The number of carbonyl (C=O) groups is 1. The van der Waals surface area contributed by atoms with Gasteiger partial charge in [0.25, 0.3) is 5.91 Å². The molecule has 0 aliphatic rings. The Morgan fingerprint density at radius 3 is 2.73 bits per heavy atom. The smallest absolute Gasteiger partial charge is 0.253 e. The summed E-state index contributed by atoms with van der Waals surface area (Å²) in [6, 6.07) is 14.1. The molecular formula is C21H15N5O3S. The molecule has 4 rings (SSSR count). The average molecular weight is 417 g/mol. The van der Waals surface area contributed by atoms with Gasteiger partial charge >= 0.3 is 0 Å². The number of nitriles is 1. The van der Waals surface area contributed by atoms with E-state index in [1.807, 2.05) is 6.07 Å². The maximum Gasteiger partial charge on any atom is 0.253 e. The monoisotopic (exact) mass is 417 g/mol. The highest BCUT2D eigenvalue weighted by atomic mass is 32.2. The van der Waals surface area contributed by atoms with Gasteiger partial charge in [-0.05, 0) is 42.5 Å². The van der Waals surface area contributed by atoms with Crippen molar-refractivity contribution in [3.63, 3.8) is 0 Å². The van der Waals surface area contributed by atoms with Crippen LogP contribution in [0.2, 0.25) is 0 Å². The molecule has 0 fully saturated rings. The standard InChI is InChI=1S/C21H15N5O3S/c22-11-15-2-1-3-18(10-15)30(28,29)19-6-5-17(24-13-19)12-25-21(27)16-4-7-20-23-8-9-26(20)14-16/h1-10,13-14H,12H2,(H,25,27). The summed E-state index contributed by atoms with van der Waals surface area (Å²) in [5.41, 5.74) is 1.98. The van der Waals surface area contributed by atoms with Crippen LogP contribution in [0.5, 0.6) is 0 Å². The second-order valence-corrected chi connectivity index (χ2v) is 8.37. The third-order valence-electron chi connectivity index (χ3n) is 4.46. The number of imidazole rings is 1. The first-order valence-electron chi connectivity index (χ1n) is 8.88. The number of fused-ring (bicyclic) bond motifs is 1. The molecule has 0 radical (unpaired) electrons. The molecule has 1 aromatic carbocycles. The van der Waals surface area contributed by atoms with Gasteiger partial charge in [0.1, 0.15) is 5.65 Å². The van der Waals surface area contributed by atoms with Crippen LogP contribution in [0.1, 0.15) is 21.6 Å². The zero-order valence-corrected chi connectivity index (χ0v) is 16.4. The number of sulfone groups is 1. The minimum atomic E-state index is -3.79. The minimum Gasteiger partial charge on any atom is -0.346 e. The van der Waals surface area contributed by atoms with E-state index in [9.17, 15) is 13.2 Å². The molecule has 0 unspecified atom stereocenters. The number of hydrogen-bond donors (Lipinski definition) is 1. The van der Waals surface area contributed by atoms with Crippen LogP contribution in [0.25, 0.3) is 5.65 Å². The molecule has 0 saturated heterocycles. The highest BCUT2D eigenvalue weighted by Crippen LogP contribution is 2.21.